The van der Waals surface area contributed by atoms with Gasteiger partial charge in [-0.1, -0.05) is 29.8 Å². The Labute approximate surface area is 201 Å². The molecule has 3 heterocycles. The maximum Gasteiger partial charge on any atom is 0.341 e. The van der Waals surface area contributed by atoms with Crippen molar-refractivity contribution in [3.8, 4) is 11.3 Å². The van der Waals surface area contributed by atoms with E-state index in [-0.39, 0.29) is 18.0 Å². The Morgan fingerprint density at radius 2 is 1.88 bits per heavy atom. The molecule has 0 radical (unpaired) electrons. The van der Waals surface area contributed by atoms with E-state index in [2.05, 4.69) is 15.4 Å². The Morgan fingerprint density at radius 1 is 1.12 bits per heavy atom. The van der Waals surface area contributed by atoms with Crippen molar-refractivity contribution < 1.29 is 14.3 Å². The van der Waals surface area contributed by atoms with Gasteiger partial charge in [0, 0.05) is 16.6 Å². The molecular weight excluding hydrogens is 448 g/mol. The molecule has 0 bridgehead atoms. The molecule has 174 valence electrons. The number of hydrogen-bond acceptors (Lipinski definition) is 6. The van der Waals surface area contributed by atoms with Crippen molar-refractivity contribution in [2.24, 2.45) is 0 Å². The van der Waals surface area contributed by atoms with Crippen LogP contribution in [0, 0.1) is 6.92 Å². The lowest BCUT2D eigenvalue weighted by Crippen LogP contribution is -2.18. The van der Waals surface area contributed by atoms with E-state index >= 15 is 0 Å². The number of aryl methyl sites for hydroxylation is 2. The van der Waals surface area contributed by atoms with E-state index in [0.717, 1.165) is 47.4 Å². The zero-order valence-corrected chi connectivity index (χ0v) is 20.2. The molecule has 0 saturated carbocycles. The predicted octanol–water partition coefficient (Wildman–Crippen LogP) is 5.46. The van der Waals surface area contributed by atoms with Crippen molar-refractivity contribution >= 4 is 33.9 Å². The summed E-state index contributed by atoms with van der Waals surface area (Å²) in [7, 11) is 0. The van der Waals surface area contributed by atoms with Crippen molar-refractivity contribution in [2.75, 3.05) is 5.32 Å². The number of esters is 1. The Bertz CT molecular complexity index is 1390. The van der Waals surface area contributed by atoms with Crippen LogP contribution < -0.4 is 5.32 Å². The fourth-order valence-corrected chi connectivity index (χ4v) is 5.58. The Hall–Kier alpha value is -3.52. The summed E-state index contributed by atoms with van der Waals surface area (Å²) < 4.78 is 7.18. The first-order valence-electron chi connectivity index (χ1n) is 11.5. The molecule has 1 amide bonds. The second-order valence-electron chi connectivity index (χ2n) is 8.81. The van der Waals surface area contributed by atoms with Crippen LogP contribution >= 0.6 is 11.3 Å². The van der Waals surface area contributed by atoms with Crippen molar-refractivity contribution in [3.05, 3.63) is 69.9 Å². The summed E-state index contributed by atoms with van der Waals surface area (Å²) in [4.78, 5) is 31.8. The molecule has 34 heavy (non-hydrogen) atoms. The first kappa shape index (κ1) is 22.3. The van der Waals surface area contributed by atoms with E-state index in [1.807, 2.05) is 51.1 Å². The van der Waals surface area contributed by atoms with Crippen LogP contribution in [0.5, 0.6) is 0 Å². The smallest absolute Gasteiger partial charge is 0.341 e. The second-order valence-corrected chi connectivity index (χ2v) is 9.92. The lowest BCUT2D eigenvalue weighted by molar-refractivity contribution is 0.0378. The van der Waals surface area contributed by atoms with Crippen molar-refractivity contribution in [1.29, 1.82) is 0 Å². The zero-order valence-electron chi connectivity index (χ0n) is 19.4. The monoisotopic (exact) mass is 474 g/mol. The quantitative estimate of drug-likeness (QED) is 0.388. The number of carbonyl (C=O) groups is 2. The average molecular weight is 475 g/mol. The molecule has 3 aromatic heterocycles. The highest BCUT2D eigenvalue weighted by molar-refractivity contribution is 7.17. The largest absolute Gasteiger partial charge is 0.459 e. The van der Waals surface area contributed by atoms with E-state index in [4.69, 9.17) is 4.74 Å². The number of ether oxygens (including phenoxy) is 1. The van der Waals surface area contributed by atoms with Crippen molar-refractivity contribution in [3.63, 3.8) is 0 Å². The number of nitrogens with zero attached hydrogens (tertiary/aromatic N) is 3. The topological polar surface area (TPSA) is 85.6 Å². The van der Waals surface area contributed by atoms with Gasteiger partial charge in [-0.15, -0.1) is 11.3 Å². The van der Waals surface area contributed by atoms with Gasteiger partial charge >= 0.3 is 5.97 Å². The third-order valence-corrected chi connectivity index (χ3v) is 7.15. The molecule has 0 saturated heterocycles. The van der Waals surface area contributed by atoms with Crippen LogP contribution in [0.1, 0.15) is 63.4 Å². The molecule has 4 aromatic rings. The number of hydrogen-bond donors (Lipinski definition) is 1. The van der Waals surface area contributed by atoms with Crippen LogP contribution in [0.3, 0.4) is 0 Å². The van der Waals surface area contributed by atoms with Gasteiger partial charge < -0.3 is 10.1 Å². The van der Waals surface area contributed by atoms with Gasteiger partial charge in [0.15, 0.2) is 5.65 Å². The number of thiophene rings is 1. The maximum absolute atomic E-state index is 13.3. The van der Waals surface area contributed by atoms with Gasteiger partial charge in [-0.25, -0.2) is 14.3 Å². The first-order chi connectivity index (χ1) is 16.4. The van der Waals surface area contributed by atoms with E-state index in [1.165, 1.54) is 23.1 Å². The molecule has 0 atom stereocenters. The number of anilines is 1. The Balaban J connectivity index is 1.50. The van der Waals surface area contributed by atoms with Gasteiger partial charge in [-0.3, -0.25) is 4.79 Å². The summed E-state index contributed by atoms with van der Waals surface area (Å²) in [5, 5.41) is 7.95. The highest BCUT2D eigenvalue weighted by Gasteiger charge is 2.28. The minimum Gasteiger partial charge on any atom is -0.459 e. The molecule has 8 heteroatoms. The molecule has 1 aliphatic rings. The van der Waals surface area contributed by atoms with Gasteiger partial charge in [0.05, 0.1) is 23.6 Å². The lowest BCUT2D eigenvalue weighted by Gasteiger charge is -2.14. The molecule has 1 N–H and O–H groups in total. The van der Waals surface area contributed by atoms with Crippen molar-refractivity contribution in [1.82, 2.24) is 14.6 Å². The molecule has 5 rings (SSSR count). The van der Waals surface area contributed by atoms with E-state index < -0.39 is 0 Å². The molecule has 0 fully saturated rings. The zero-order chi connectivity index (χ0) is 23.8. The SMILES string of the molecule is Cc1ccc(-c2ccnc3c(C(=O)Nc4sc5c(c4C(=O)OC(C)C)CCCC5)cnn23)cc1. The average Bonchev–Trinajstić information content (AvgIpc) is 3.40. The van der Waals surface area contributed by atoms with Crippen LogP contribution in [0.25, 0.3) is 16.9 Å². The third-order valence-electron chi connectivity index (χ3n) is 5.94. The van der Waals surface area contributed by atoms with E-state index in [9.17, 15) is 9.59 Å². The van der Waals surface area contributed by atoms with Gasteiger partial charge in [-0.05, 0) is 58.1 Å². The number of amides is 1. The molecule has 0 unspecified atom stereocenters. The first-order valence-corrected chi connectivity index (χ1v) is 12.3. The third kappa shape index (κ3) is 4.09. The molecule has 1 aromatic carbocycles. The summed E-state index contributed by atoms with van der Waals surface area (Å²) >= 11 is 1.47. The second kappa shape index (κ2) is 9.02. The fraction of sp³-hybridized carbons (Fsp3) is 0.308. The van der Waals surface area contributed by atoms with Crippen molar-refractivity contribution in [2.45, 2.75) is 52.6 Å². The van der Waals surface area contributed by atoms with Crippen LogP contribution in [-0.2, 0) is 17.6 Å². The van der Waals surface area contributed by atoms with Gasteiger partial charge in [0.1, 0.15) is 10.6 Å². The number of benzene rings is 1. The minimum atomic E-state index is -0.385. The summed E-state index contributed by atoms with van der Waals surface area (Å²) in [6, 6.07) is 9.99. The fourth-order valence-electron chi connectivity index (χ4n) is 4.31. The molecule has 0 spiro atoms. The molecule has 7 nitrogen and oxygen atoms in total. The van der Waals surface area contributed by atoms with Crippen LogP contribution in [0.15, 0.2) is 42.7 Å². The van der Waals surface area contributed by atoms with E-state index in [1.54, 1.807) is 10.7 Å². The number of rotatable bonds is 5. The van der Waals surface area contributed by atoms with E-state index in [0.29, 0.717) is 21.8 Å². The summed E-state index contributed by atoms with van der Waals surface area (Å²) in [6.07, 6.45) is 6.81. The number of aromatic nitrogens is 3. The number of nitrogens with one attached hydrogen (secondary N) is 1. The number of carbonyl (C=O) groups excluding carboxylic acids is 2. The van der Waals surface area contributed by atoms with Gasteiger partial charge in [0.25, 0.3) is 5.91 Å². The normalized spacial score (nSPS) is 13.2. The summed E-state index contributed by atoms with van der Waals surface area (Å²) in [6.45, 7) is 5.69. The molecule has 1 aliphatic carbocycles. The Morgan fingerprint density at radius 3 is 2.65 bits per heavy atom. The molecular formula is C26H26N4O3S. The minimum absolute atomic E-state index is 0.237. The summed E-state index contributed by atoms with van der Waals surface area (Å²) in [5.74, 6) is -0.731. The lowest BCUT2D eigenvalue weighted by atomic mass is 9.95. The maximum atomic E-state index is 13.3. The van der Waals surface area contributed by atoms with Crippen LogP contribution in [0.4, 0.5) is 5.00 Å². The van der Waals surface area contributed by atoms with Crippen LogP contribution in [-0.4, -0.2) is 32.6 Å². The highest BCUT2D eigenvalue weighted by atomic mass is 32.1. The van der Waals surface area contributed by atoms with Crippen LogP contribution in [0.2, 0.25) is 0 Å². The Kier molecular flexibility index (Phi) is 5.91. The summed E-state index contributed by atoms with van der Waals surface area (Å²) in [5.41, 5.74) is 5.31. The standard InChI is InChI=1S/C26H26N4O3S/c1-15(2)33-26(32)22-18-6-4-5-7-21(18)34-25(22)29-24(31)19-14-28-30-20(12-13-27-23(19)30)17-10-8-16(3)9-11-17/h8-15H,4-7H2,1-3H3,(H,29,31). The van der Waals surface area contributed by atoms with Gasteiger partial charge in [-0.2, -0.15) is 5.10 Å². The predicted molar refractivity (Wildman–Crippen MR) is 133 cm³/mol. The van der Waals surface area contributed by atoms with Gasteiger partial charge in [0.2, 0.25) is 0 Å². The molecule has 0 aliphatic heterocycles. The number of fused-ring (bicyclic) bond motifs is 2. The highest BCUT2D eigenvalue weighted by Crippen LogP contribution is 2.39.